The number of allylic oxidation sites excluding steroid dienone is 2. The molecule has 0 radical (unpaired) electrons. The number of esters is 1. The minimum Gasteiger partial charge on any atom is -0.506 e. The Morgan fingerprint density at radius 3 is 2.18 bits per heavy atom. The molecule has 10 nitrogen and oxygen atoms in total. The third-order valence-corrected chi connectivity index (χ3v) is 5.94. The molecule has 10 heteroatoms. The molecule has 0 spiro atoms. The van der Waals surface area contributed by atoms with Crippen LogP contribution in [0.3, 0.4) is 0 Å². The Labute approximate surface area is 223 Å². The van der Waals surface area contributed by atoms with E-state index in [2.05, 4.69) is 4.99 Å². The number of phenols is 1. The molecule has 0 aromatic heterocycles. The standard InChI is InChI=1S/C29H24N2O8/c1-38-21-13-19(26(33)22(24(21)30)28(35)36)18-12-20(32)25(31-14-16-8-4-2-5-9-16)23(27(18)34)29(37)39-15-17-10-6-3-7-11-17/h2-13,33-34H,14-15,30H2,1H3,(H,35,36). The smallest absolute Gasteiger partial charge is 0.344 e. The molecule has 5 N–H and O–H groups in total. The maximum atomic E-state index is 13.3. The van der Waals surface area contributed by atoms with E-state index in [1.807, 2.05) is 6.07 Å². The number of hydrogen-bond donors (Lipinski definition) is 4. The number of aromatic carboxylic acids is 1. The Hall–Kier alpha value is -5.38. The molecule has 0 saturated heterocycles. The molecule has 0 heterocycles. The number of hydrogen-bond acceptors (Lipinski definition) is 9. The number of methoxy groups -OCH3 is 1. The van der Waals surface area contributed by atoms with Crippen molar-refractivity contribution in [2.75, 3.05) is 12.8 Å². The first-order valence-electron chi connectivity index (χ1n) is 11.7. The number of anilines is 1. The van der Waals surface area contributed by atoms with Gasteiger partial charge >= 0.3 is 11.9 Å². The number of aliphatic hydroxyl groups excluding tert-OH is 1. The van der Waals surface area contributed by atoms with Crippen LogP contribution in [0.4, 0.5) is 5.69 Å². The lowest BCUT2D eigenvalue weighted by atomic mass is 9.88. The minimum absolute atomic E-state index is 0.0257. The highest BCUT2D eigenvalue weighted by atomic mass is 16.5. The Bertz CT molecular complexity index is 1540. The van der Waals surface area contributed by atoms with Gasteiger partial charge in [0.1, 0.15) is 40.7 Å². The zero-order valence-electron chi connectivity index (χ0n) is 20.7. The number of rotatable bonds is 8. The number of carboxylic acid groups (broad SMARTS) is 1. The van der Waals surface area contributed by atoms with Gasteiger partial charge in [-0.2, -0.15) is 0 Å². The third kappa shape index (κ3) is 5.49. The summed E-state index contributed by atoms with van der Waals surface area (Å²) < 4.78 is 10.5. The van der Waals surface area contributed by atoms with E-state index < -0.39 is 40.4 Å². The van der Waals surface area contributed by atoms with Gasteiger partial charge in [0.15, 0.2) is 0 Å². The fourth-order valence-electron chi connectivity index (χ4n) is 4.00. The molecule has 0 fully saturated rings. The number of carbonyl (C=O) groups is 3. The number of benzene rings is 3. The summed E-state index contributed by atoms with van der Waals surface area (Å²) in [5, 5.41) is 31.6. The summed E-state index contributed by atoms with van der Waals surface area (Å²) in [6.45, 7) is -0.127. The van der Waals surface area contributed by atoms with Crippen LogP contribution in [0.25, 0.3) is 5.57 Å². The van der Waals surface area contributed by atoms with Gasteiger partial charge in [0.05, 0.1) is 19.3 Å². The SMILES string of the molecule is COc1cc(C2=CC(=O)C(=NCc3ccccc3)C(C(=O)OCc3ccccc3)=C2O)c(O)c(C(=O)O)c1N. The number of aliphatic imine (C=N–C) groups is 1. The summed E-state index contributed by atoms with van der Waals surface area (Å²) in [6, 6.07) is 18.9. The summed E-state index contributed by atoms with van der Waals surface area (Å²) in [7, 11) is 1.23. The largest absolute Gasteiger partial charge is 0.506 e. The molecule has 0 aliphatic heterocycles. The van der Waals surface area contributed by atoms with E-state index in [0.717, 1.165) is 17.7 Å². The zero-order valence-corrected chi connectivity index (χ0v) is 20.7. The fourth-order valence-corrected chi connectivity index (χ4v) is 4.00. The van der Waals surface area contributed by atoms with E-state index in [1.165, 1.54) is 7.11 Å². The molecule has 3 aromatic rings. The van der Waals surface area contributed by atoms with Crippen LogP contribution in [0.15, 0.2) is 89.1 Å². The number of nitrogens with zero attached hydrogens (tertiary/aromatic N) is 1. The van der Waals surface area contributed by atoms with Crippen molar-refractivity contribution in [3.8, 4) is 11.5 Å². The number of carbonyl (C=O) groups excluding carboxylic acids is 2. The minimum atomic E-state index is -1.57. The first kappa shape index (κ1) is 26.7. The first-order valence-corrected chi connectivity index (χ1v) is 11.7. The van der Waals surface area contributed by atoms with Gasteiger partial charge in [0, 0.05) is 11.1 Å². The molecule has 1 aliphatic carbocycles. The number of ether oxygens (including phenoxy) is 2. The highest BCUT2D eigenvalue weighted by Gasteiger charge is 2.35. The third-order valence-electron chi connectivity index (χ3n) is 5.94. The maximum absolute atomic E-state index is 13.3. The van der Waals surface area contributed by atoms with Gasteiger partial charge in [-0.05, 0) is 23.3 Å². The topological polar surface area (TPSA) is 169 Å². The number of carboxylic acids is 1. The van der Waals surface area contributed by atoms with Crippen molar-refractivity contribution >= 4 is 34.7 Å². The average Bonchev–Trinajstić information content (AvgIpc) is 2.93. The van der Waals surface area contributed by atoms with Crippen LogP contribution in [-0.4, -0.2) is 45.9 Å². The number of ketones is 1. The van der Waals surface area contributed by atoms with Crippen LogP contribution in [0.5, 0.6) is 11.5 Å². The highest BCUT2D eigenvalue weighted by Crippen LogP contribution is 2.42. The van der Waals surface area contributed by atoms with Crippen LogP contribution >= 0.6 is 0 Å². The van der Waals surface area contributed by atoms with Crippen molar-refractivity contribution in [2.45, 2.75) is 13.2 Å². The van der Waals surface area contributed by atoms with Gasteiger partial charge in [-0.1, -0.05) is 60.7 Å². The second-order valence-corrected chi connectivity index (χ2v) is 8.43. The Morgan fingerprint density at radius 1 is 0.974 bits per heavy atom. The predicted molar refractivity (Wildman–Crippen MR) is 142 cm³/mol. The molecule has 1 aliphatic rings. The van der Waals surface area contributed by atoms with Crippen LogP contribution in [0.1, 0.15) is 27.0 Å². The number of aromatic hydroxyl groups is 1. The van der Waals surface area contributed by atoms with E-state index in [0.29, 0.717) is 5.56 Å². The lowest BCUT2D eigenvalue weighted by Gasteiger charge is -2.21. The molecular weight excluding hydrogens is 504 g/mol. The molecule has 39 heavy (non-hydrogen) atoms. The van der Waals surface area contributed by atoms with Gasteiger partial charge in [0.2, 0.25) is 5.78 Å². The summed E-state index contributed by atoms with van der Waals surface area (Å²) in [5.74, 6) is -5.06. The van der Waals surface area contributed by atoms with Crippen molar-refractivity contribution in [3.05, 3.63) is 106 Å². The first-order chi connectivity index (χ1) is 18.7. The van der Waals surface area contributed by atoms with Gasteiger partial charge in [-0.25, -0.2) is 9.59 Å². The van der Waals surface area contributed by atoms with Crippen LogP contribution in [0, 0.1) is 0 Å². The van der Waals surface area contributed by atoms with E-state index in [4.69, 9.17) is 15.2 Å². The zero-order chi connectivity index (χ0) is 28.1. The fraction of sp³-hybridized carbons (Fsp3) is 0.103. The van der Waals surface area contributed by atoms with Gasteiger partial charge < -0.3 is 30.5 Å². The van der Waals surface area contributed by atoms with Crippen LogP contribution in [-0.2, 0) is 27.5 Å². The lowest BCUT2D eigenvalue weighted by Crippen LogP contribution is -2.28. The Kier molecular flexibility index (Phi) is 7.76. The van der Waals surface area contributed by atoms with Crippen molar-refractivity contribution in [3.63, 3.8) is 0 Å². The Morgan fingerprint density at radius 2 is 1.59 bits per heavy atom. The molecule has 0 atom stereocenters. The predicted octanol–water partition coefficient (Wildman–Crippen LogP) is 3.84. The van der Waals surface area contributed by atoms with Crippen molar-refractivity contribution in [2.24, 2.45) is 4.99 Å². The molecule has 198 valence electrons. The second kappa shape index (κ2) is 11.3. The second-order valence-electron chi connectivity index (χ2n) is 8.43. The number of nitrogen functional groups attached to an aromatic ring is 1. The molecule has 0 amide bonds. The molecular formula is C29H24N2O8. The molecule has 0 unspecified atom stereocenters. The van der Waals surface area contributed by atoms with E-state index in [9.17, 15) is 29.7 Å². The van der Waals surface area contributed by atoms with E-state index in [1.54, 1.807) is 54.6 Å². The molecule has 3 aromatic carbocycles. The quantitative estimate of drug-likeness (QED) is 0.193. The summed E-state index contributed by atoms with van der Waals surface area (Å²) >= 11 is 0. The summed E-state index contributed by atoms with van der Waals surface area (Å²) in [5.41, 5.74) is 4.68. The van der Waals surface area contributed by atoms with Crippen molar-refractivity contribution < 1.29 is 39.2 Å². The van der Waals surface area contributed by atoms with Gasteiger partial charge in [0.25, 0.3) is 0 Å². The van der Waals surface area contributed by atoms with Gasteiger partial charge in [-0.3, -0.25) is 9.79 Å². The lowest BCUT2D eigenvalue weighted by molar-refractivity contribution is -0.140. The van der Waals surface area contributed by atoms with Crippen LogP contribution < -0.4 is 10.5 Å². The van der Waals surface area contributed by atoms with Crippen LogP contribution in [0.2, 0.25) is 0 Å². The molecule has 0 saturated carbocycles. The Balaban J connectivity index is 1.83. The average molecular weight is 529 g/mol. The van der Waals surface area contributed by atoms with E-state index >= 15 is 0 Å². The molecule has 0 bridgehead atoms. The highest BCUT2D eigenvalue weighted by molar-refractivity contribution is 6.57. The summed E-state index contributed by atoms with van der Waals surface area (Å²) in [4.78, 5) is 42.6. The van der Waals surface area contributed by atoms with Crippen molar-refractivity contribution in [1.29, 1.82) is 0 Å². The van der Waals surface area contributed by atoms with Crippen molar-refractivity contribution in [1.82, 2.24) is 0 Å². The maximum Gasteiger partial charge on any atom is 0.344 e. The molecule has 4 rings (SSSR count). The van der Waals surface area contributed by atoms with Gasteiger partial charge in [-0.15, -0.1) is 0 Å². The normalized spacial score (nSPS) is 14.2. The number of aliphatic hydroxyl groups is 1. The summed E-state index contributed by atoms with van der Waals surface area (Å²) in [6.07, 6.45) is 0.948. The monoisotopic (exact) mass is 528 g/mol. The van der Waals surface area contributed by atoms with E-state index in [-0.39, 0.29) is 41.4 Å². The number of nitrogens with two attached hydrogens (primary N) is 1.